The Hall–Kier alpha value is -2.03. The summed E-state index contributed by atoms with van der Waals surface area (Å²) in [6.07, 6.45) is 0. The molecule has 0 amide bonds. The molecule has 9 heteroatoms. The first-order valence-electron chi connectivity index (χ1n) is 7.15. The van der Waals surface area contributed by atoms with Gasteiger partial charge in [0.15, 0.2) is 5.58 Å². The zero-order chi connectivity index (χ0) is 18.0. The molecular formula is C16H13ClN2O4S2. The van der Waals surface area contributed by atoms with E-state index in [0.717, 1.165) is 0 Å². The molecule has 0 aliphatic heterocycles. The highest BCUT2D eigenvalue weighted by Crippen LogP contribution is 2.26. The number of aromatic nitrogens is 1. The topological polar surface area (TPSA) is 89.3 Å². The summed E-state index contributed by atoms with van der Waals surface area (Å²) in [5, 5.41) is 0.841. The normalized spacial score (nSPS) is 11.6. The van der Waals surface area contributed by atoms with Crippen LogP contribution in [-0.4, -0.2) is 24.9 Å². The van der Waals surface area contributed by atoms with Crippen LogP contribution in [0.15, 0.2) is 57.0 Å². The van der Waals surface area contributed by atoms with Gasteiger partial charge in [-0.3, -0.25) is 9.52 Å². The number of carbonyl (C=O) groups is 1. The summed E-state index contributed by atoms with van der Waals surface area (Å²) in [6, 6.07) is 10.7. The number of carbonyl (C=O) groups excluding carboxylic acids is 1. The van der Waals surface area contributed by atoms with Crippen LogP contribution in [0.1, 0.15) is 6.92 Å². The van der Waals surface area contributed by atoms with Crippen molar-refractivity contribution in [1.29, 1.82) is 0 Å². The number of thioether (sulfide) groups is 1. The minimum absolute atomic E-state index is 0.00249. The number of sulfonamides is 1. The summed E-state index contributed by atoms with van der Waals surface area (Å²) >= 11 is 6.96. The Kier molecular flexibility index (Phi) is 5.03. The van der Waals surface area contributed by atoms with Crippen molar-refractivity contribution in [2.24, 2.45) is 0 Å². The molecule has 1 N–H and O–H groups in total. The van der Waals surface area contributed by atoms with Crippen LogP contribution in [0, 0.1) is 0 Å². The summed E-state index contributed by atoms with van der Waals surface area (Å²) in [5.41, 5.74) is 1.27. The van der Waals surface area contributed by atoms with Crippen molar-refractivity contribution in [2.45, 2.75) is 17.0 Å². The lowest BCUT2D eigenvalue weighted by Crippen LogP contribution is -2.12. The average molecular weight is 397 g/mol. The van der Waals surface area contributed by atoms with E-state index in [0.29, 0.717) is 27.0 Å². The van der Waals surface area contributed by atoms with Crippen molar-refractivity contribution in [3.8, 4) is 0 Å². The molecule has 0 saturated heterocycles. The first-order chi connectivity index (χ1) is 11.8. The maximum Gasteiger partial charge on any atom is 0.261 e. The molecule has 0 saturated carbocycles. The van der Waals surface area contributed by atoms with Crippen molar-refractivity contribution in [3.63, 3.8) is 0 Å². The highest BCUT2D eigenvalue weighted by Gasteiger charge is 2.17. The minimum atomic E-state index is -3.77. The quantitative estimate of drug-likeness (QED) is 0.634. The van der Waals surface area contributed by atoms with Gasteiger partial charge in [-0.05, 0) is 49.4 Å². The highest BCUT2D eigenvalue weighted by atomic mass is 35.5. The Labute approximate surface area is 153 Å². The summed E-state index contributed by atoms with van der Waals surface area (Å²) < 4.78 is 33.0. The van der Waals surface area contributed by atoms with Crippen molar-refractivity contribution < 1.29 is 17.6 Å². The third kappa shape index (κ3) is 4.33. The van der Waals surface area contributed by atoms with E-state index in [4.69, 9.17) is 16.0 Å². The number of hydrogen-bond donors (Lipinski definition) is 1. The molecule has 2 aromatic carbocycles. The van der Waals surface area contributed by atoms with E-state index in [1.807, 2.05) is 0 Å². The maximum atomic E-state index is 12.5. The second-order valence-electron chi connectivity index (χ2n) is 5.21. The number of halogens is 1. The Balaban J connectivity index is 1.86. The summed E-state index contributed by atoms with van der Waals surface area (Å²) in [5.74, 6) is 0.249. The molecule has 25 heavy (non-hydrogen) atoms. The molecule has 0 radical (unpaired) electrons. The van der Waals surface area contributed by atoms with Gasteiger partial charge in [-0.25, -0.2) is 13.4 Å². The third-order valence-electron chi connectivity index (χ3n) is 3.15. The third-order valence-corrected chi connectivity index (χ3v) is 5.75. The fourth-order valence-corrected chi connectivity index (χ4v) is 3.85. The van der Waals surface area contributed by atoms with Crippen molar-refractivity contribution >= 4 is 56.0 Å². The molecule has 0 fully saturated rings. The minimum Gasteiger partial charge on any atom is -0.431 e. The predicted octanol–water partition coefficient (Wildman–Crippen LogP) is 3.96. The number of rotatable bonds is 6. The number of Topliss-reactive ketones (excluding diaryl/α,β-unsaturated/α-hetero) is 1. The fourth-order valence-electron chi connectivity index (χ4n) is 2.01. The van der Waals surface area contributed by atoms with Crippen LogP contribution >= 0.6 is 23.4 Å². The molecule has 6 nitrogen and oxygen atoms in total. The second kappa shape index (κ2) is 7.07. The molecule has 0 aliphatic rings. The van der Waals surface area contributed by atoms with Crippen molar-refractivity contribution in [1.82, 2.24) is 4.98 Å². The highest BCUT2D eigenvalue weighted by molar-refractivity contribution is 7.99. The van der Waals surface area contributed by atoms with E-state index in [2.05, 4.69) is 9.71 Å². The molecule has 0 unspecified atom stereocenters. The number of ketones is 1. The number of fused-ring (bicyclic) bond motifs is 1. The van der Waals surface area contributed by atoms with Crippen LogP contribution in [-0.2, 0) is 14.8 Å². The molecule has 3 aromatic rings. The van der Waals surface area contributed by atoms with Crippen LogP contribution in [0.3, 0.4) is 0 Å². The van der Waals surface area contributed by atoms with Gasteiger partial charge in [-0.1, -0.05) is 23.4 Å². The Morgan fingerprint density at radius 3 is 2.64 bits per heavy atom. The van der Waals surface area contributed by atoms with E-state index in [9.17, 15) is 13.2 Å². The van der Waals surface area contributed by atoms with E-state index in [-0.39, 0.29) is 16.4 Å². The monoisotopic (exact) mass is 396 g/mol. The van der Waals surface area contributed by atoms with Crippen LogP contribution < -0.4 is 4.72 Å². The number of benzene rings is 2. The smallest absolute Gasteiger partial charge is 0.261 e. The van der Waals surface area contributed by atoms with E-state index < -0.39 is 10.0 Å². The lowest BCUT2D eigenvalue weighted by Gasteiger charge is -2.07. The SMILES string of the molecule is CC(=O)CSc1nc2cc(S(=O)(=O)Nc3ccc(Cl)cc3)ccc2o1. The zero-order valence-electron chi connectivity index (χ0n) is 13.0. The largest absolute Gasteiger partial charge is 0.431 e. The van der Waals surface area contributed by atoms with Gasteiger partial charge in [0.2, 0.25) is 0 Å². The van der Waals surface area contributed by atoms with Gasteiger partial charge in [-0.15, -0.1) is 0 Å². The molecule has 1 heterocycles. The summed E-state index contributed by atoms with van der Waals surface area (Å²) in [7, 11) is -3.77. The van der Waals surface area contributed by atoms with Gasteiger partial charge in [-0.2, -0.15) is 0 Å². The van der Waals surface area contributed by atoms with Gasteiger partial charge in [0, 0.05) is 10.7 Å². The van der Waals surface area contributed by atoms with Crippen LogP contribution in [0.5, 0.6) is 0 Å². The number of nitrogens with zero attached hydrogens (tertiary/aromatic N) is 1. The van der Waals surface area contributed by atoms with Gasteiger partial charge < -0.3 is 4.42 Å². The number of oxazole rings is 1. The van der Waals surface area contributed by atoms with Crippen LogP contribution in [0.4, 0.5) is 5.69 Å². The second-order valence-corrected chi connectivity index (χ2v) is 8.26. The van der Waals surface area contributed by atoms with Gasteiger partial charge >= 0.3 is 0 Å². The molecule has 0 bridgehead atoms. The van der Waals surface area contributed by atoms with Crippen LogP contribution in [0.25, 0.3) is 11.1 Å². The first kappa shape index (κ1) is 17.8. The molecular weight excluding hydrogens is 384 g/mol. The number of anilines is 1. The average Bonchev–Trinajstić information content (AvgIpc) is 2.97. The summed E-state index contributed by atoms with van der Waals surface area (Å²) in [4.78, 5) is 15.3. The van der Waals surface area contributed by atoms with Gasteiger partial charge in [0.05, 0.1) is 10.6 Å². The fraction of sp³-hybridized carbons (Fsp3) is 0.125. The molecule has 0 aliphatic carbocycles. The molecule has 3 rings (SSSR count). The van der Waals surface area contributed by atoms with Gasteiger partial charge in [0.25, 0.3) is 15.2 Å². The van der Waals surface area contributed by atoms with E-state index in [1.165, 1.54) is 36.9 Å². The zero-order valence-corrected chi connectivity index (χ0v) is 15.4. The predicted molar refractivity (Wildman–Crippen MR) is 97.7 cm³/mol. The molecule has 1 aromatic heterocycles. The van der Waals surface area contributed by atoms with Gasteiger partial charge in [0.1, 0.15) is 11.3 Å². The van der Waals surface area contributed by atoms with E-state index >= 15 is 0 Å². The number of nitrogens with one attached hydrogen (secondary N) is 1. The maximum absolute atomic E-state index is 12.5. The Morgan fingerprint density at radius 2 is 1.96 bits per heavy atom. The summed E-state index contributed by atoms with van der Waals surface area (Å²) in [6.45, 7) is 1.47. The lowest BCUT2D eigenvalue weighted by molar-refractivity contribution is -0.114. The molecule has 0 spiro atoms. The first-order valence-corrected chi connectivity index (χ1v) is 9.99. The van der Waals surface area contributed by atoms with Crippen LogP contribution in [0.2, 0.25) is 5.02 Å². The van der Waals surface area contributed by atoms with Crippen molar-refractivity contribution in [3.05, 3.63) is 47.5 Å². The van der Waals surface area contributed by atoms with E-state index in [1.54, 1.807) is 24.3 Å². The standard InChI is InChI=1S/C16H13ClN2O4S2/c1-10(20)9-24-16-18-14-8-13(6-7-15(14)23-16)25(21,22)19-12-4-2-11(17)3-5-12/h2-8,19H,9H2,1H3. The molecule has 130 valence electrons. The van der Waals surface area contributed by atoms with Crippen molar-refractivity contribution in [2.75, 3.05) is 10.5 Å². The number of hydrogen-bond acceptors (Lipinski definition) is 6. The Bertz CT molecular complexity index is 1030. The molecule has 0 atom stereocenters. The lowest BCUT2D eigenvalue weighted by atomic mass is 10.3. The Morgan fingerprint density at radius 1 is 1.24 bits per heavy atom.